The van der Waals surface area contributed by atoms with Gasteiger partial charge in [0.25, 0.3) is 5.69 Å². The van der Waals surface area contributed by atoms with Crippen LogP contribution >= 0.6 is 0 Å². The number of nitro benzene ring substituents is 1. The molecule has 0 amide bonds. The van der Waals surface area contributed by atoms with E-state index in [4.69, 9.17) is 18.9 Å². The molecule has 0 spiro atoms. The summed E-state index contributed by atoms with van der Waals surface area (Å²) in [6.45, 7) is 4.51. The summed E-state index contributed by atoms with van der Waals surface area (Å²) in [7, 11) is 1.20. The van der Waals surface area contributed by atoms with Gasteiger partial charge in [-0.25, -0.2) is 0 Å². The molecule has 0 radical (unpaired) electrons. The van der Waals surface area contributed by atoms with E-state index in [2.05, 4.69) is 4.99 Å². The molecule has 3 aliphatic rings. The lowest BCUT2D eigenvalue weighted by atomic mass is 9.71. The first-order valence-corrected chi connectivity index (χ1v) is 12.3. The van der Waals surface area contributed by atoms with Crippen LogP contribution in [-0.4, -0.2) is 77.7 Å². The summed E-state index contributed by atoms with van der Waals surface area (Å²) in [4.78, 5) is 54.4. The summed E-state index contributed by atoms with van der Waals surface area (Å²) in [6.07, 6.45) is -1.99. The molecule has 1 aromatic rings. The molecule has 3 aliphatic heterocycles. The van der Waals surface area contributed by atoms with E-state index >= 15 is 0 Å². The standard InChI is InChI=1S/C26H30N2O10/c1-5-7-18(29)38-17-11-36-24-22(17)37-12-26(24,32)23(30)19-13(2)27-14(3)20(25(31)35-4)21(19)15-8-6-9-16(10-15)28(33)34/h6,8-10,17,20-22,24,32H,5,7,11-12H2,1-4H3/t17-,20?,21?,22+,24-,26-/m0/s1. The quantitative estimate of drug-likeness (QED) is 0.299. The van der Waals surface area contributed by atoms with Gasteiger partial charge in [0.15, 0.2) is 17.5 Å². The number of carbonyl (C=O) groups is 3. The molecule has 2 unspecified atom stereocenters. The Hall–Kier alpha value is -3.48. The minimum atomic E-state index is -2.17. The molecule has 3 heterocycles. The van der Waals surface area contributed by atoms with Crippen molar-refractivity contribution >= 4 is 29.1 Å². The maximum Gasteiger partial charge on any atom is 0.315 e. The number of non-ortho nitro benzene ring substituents is 1. The molecule has 204 valence electrons. The normalized spacial score (nSPS) is 30.4. The Kier molecular flexibility index (Phi) is 7.77. The van der Waals surface area contributed by atoms with Crippen molar-refractivity contribution in [2.24, 2.45) is 10.9 Å². The molecule has 4 rings (SSSR count). The first kappa shape index (κ1) is 27.6. The molecule has 0 aromatic heterocycles. The van der Waals surface area contributed by atoms with Gasteiger partial charge in [0.05, 0.1) is 25.2 Å². The molecule has 0 aliphatic carbocycles. The van der Waals surface area contributed by atoms with Gasteiger partial charge in [-0.3, -0.25) is 29.5 Å². The highest BCUT2D eigenvalue weighted by molar-refractivity contribution is 6.11. The predicted molar refractivity (Wildman–Crippen MR) is 131 cm³/mol. The molecular formula is C26H30N2O10. The number of esters is 2. The zero-order chi connectivity index (χ0) is 27.8. The maximum atomic E-state index is 14.1. The van der Waals surface area contributed by atoms with E-state index in [0.717, 1.165) is 0 Å². The van der Waals surface area contributed by atoms with Crippen molar-refractivity contribution in [2.75, 3.05) is 20.3 Å². The van der Waals surface area contributed by atoms with E-state index in [1.54, 1.807) is 19.9 Å². The number of aliphatic hydroxyl groups is 1. The molecule has 12 heteroatoms. The number of hydrogen-bond donors (Lipinski definition) is 1. The second-order valence-electron chi connectivity index (χ2n) is 9.64. The van der Waals surface area contributed by atoms with Crippen molar-refractivity contribution in [1.82, 2.24) is 0 Å². The highest BCUT2D eigenvalue weighted by Gasteiger charge is 2.62. The van der Waals surface area contributed by atoms with Gasteiger partial charge in [-0.05, 0) is 25.8 Å². The number of rotatable bonds is 8. The van der Waals surface area contributed by atoms with Gasteiger partial charge in [0, 0.05) is 41.5 Å². The Morgan fingerprint density at radius 3 is 2.66 bits per heavy atom. The van der Waals surface area contributed by atoms with Gasteiger partial charge in [0.2, 0.25) is 0 Å². The first-order chi connectivity index (χ1) is 18.0. The second-order valence-corrected chi connectivity index (χ2v) is 9.64. The van der Waals surface area contributed by atoms with Gasteiger partial charge in [-0.15, -0.1) is 0 Å². The Morgan fingerprint density at radius 2 is 2.00 bits per heavy atom. The van der Waals surface area contributed by atoms with E-state index in [1.807, 2.05) is 6.92 Å². The lowest BCUT2D eigenvalue weighted by Crippen LogP contribution is -2.53. The van der Waals surface area contributed by atoms with Crippen LogP contribution in [0.1, 0.15) is 45.1 Å². The minimum absolute atomic E-state index is 0.00623. The van der Waals surface area contributed by atoms with Gasteiger partial charge in [-0.2, -0.15) is 0 Å². The number of methoxy groups -OCH3 is 1. The molecular weight excluding hydrogens is 500 g/mol. The number of Topliss-reactive ketones (excluding diaryl/α,β-unsaturated/α-hetero) is 1. The molecule has 2 fully saturated rings. The third-order valence-electron chi connectivity index (χ3n) is 7.17. The smallest absolute Gasteiger partial charge is 0.315 e. The van der Waals surface area contributed by atoms with E-state index in [-0.39, 0.29) is 30.0 Å². The van der Waals surface area contributed by atoms with Crippen molar-refractivity contribution in [3.63, 3.8) is 0 Å². The number of benzene rings is 1. The fourth-order valence-electron chi connectivity index (χ4n) is 5.41. The molecule has 12 nitrogen and oxygen atoms in total. The Bertz CT molecular complexity index is 1220. The fourth-order valence-corrected chi connectivity index (χ4v) is 5.41. The van der Waals surface area contributed by atoms with E-state index < -0.39 is 65.0 Å². The van der Waals surface area contributed by atoms with E-state index in [0.29, 0.717) is 17.7 Å². The number of carbonyl (C=O) groups excluding carboxylic acids is 3. The van der Waals surface area contributed by atoms with Gasteiger partial charge < -0.3 is 24.1 Å². The van der Waals surface area contributed by atoms with Crippen molar-refractivity contribution in [2.45, 2.75) is 63.4 Å². The van der Waals surface area contributed by atoms with E-state index in [1.165, 1.54) is 25.3 Å². The lowest BCUT2D eigenvalue weighted by Gasteiger charge is -2.35. The van der Waals surface area contributed by atoms with Gasteiger partial charge >= 0.3 is 11.9 Å². The Balaban J connectivity index is 1.74. The SMILES string of the molecule is CCCC(=O)O[C@H]1CO[C@H]2[C@@H]1OC[C@]2(O)C(=O)C1=C(C)N=C(C)C(C(=O)OC)C1c1cccc([N+](=O)[O-])c1. The topological polar surface area (TPSA) is 164 Å². The highest BCUT2D eigenvalue weighted by Crippen LogP contribution is 2.45. The summed E-state index contributed by atoms with van der Waals surface area (Å²) in [5, 5.41) is 23.2. The zero-order valence-corrected chi connectivity index (χ0v) is 21.5. The van der Waals surface area contributed by atoms with Crippen LogP contribution < -0.4 is 0 Å². The number of hydrogen-bond acceptors (Lipinski definition) is 11. The molecule has 1 aromatic carbocycles. The number of nitro groups is 1. The number of allylic oxidation sites excluding steroid dienone is 1. The summed E-state index contributed by atoms with van der Waals surface area (Å²) >= 11 is 0. The van der Waals surface area contributed by atoms with Crippen LogP contribution in [0, 0.1) is 16.0 Å². The Labute approximate surface area is 218 Å². The van der Waals surface area contributed by atoms with Crippen LogP contribution in [0.5, 0.6) is 0 Å². The number of ether oxygens (including phenoxy) is 4. The number of fused-ring (bicyclic) bond motifs is 1. The average Bonchev–Trinajstić information content (AvgIpc) is 3.44. The van der Waals surface area contributed by atoms with Crippen molar-refractivity contribution < 1.29 is 43.4 Å². The van der Waals surface area contributed by atoms with Crippen LogP contribution in [0.4, 0.5) is 5.69 Å². The number of ketones is 1. The lowest BCUT2D eigenvalue weighted by molar-refractivity contribution is -0.384. The molecule has 1 N–H and O–H groups in total. The largest absolute Gasteiger partial charge is 0.468 e. The maximum absolute atomic E-state index is 14.1. The summed E-state index contributed by atoms with van der Waals surface area (Å²) in [6, 6.07) is 5.61. The van der Waals surface area contributed by atoms with Crippen LogP contribution in [0.3, 0.4) is 0 Å². The second kappa shape index (κ2) is 10.7. The molecule has 6 atom stereocenters. The predicted octanol–water partition coefficient (Wildman–Crippen LogP) is 2.03. The van der Waals surface area contributed by atoms with Crippen LogP contribution in [0.2, 0.25) is 0 Å². The molecule has 0 saturated carbocycles. The fraction of sp³-hybridized carbons (Fsp3) is 0.538. The van der Waals surface area contributed by atoms with Crippen LogP contribution in [-0.2, 0) is 33.3 Å². The minimum Gasteiger partial charge on any atom is -0.468 e. The molecule has 2 saturated heterocycles. The van der Waals surface area contributed by atoms with E-state index in [9.17, 15) is 29.6 Å². The third kappa shape index (κ3) is 4.74. The number of nitrogens with zero attached hydrogens (tertiary/aromatic N) is 2. The van der Waals surface area contributed by atoms with Crippen LogP contribution in [0.25, 0.3) is 0 Å². The molecule has 38 heavy (non-hydrogen) atoms. The molecule has 0 bridgehead atoms. The number of aliphatic imine (C=N–C) groups is 1. The Morgan fingerprint density at radius 1 is 1.26 bits per heavy atom. The monoisotopic (exact) mass is 530 g/mol. The summed E-state index contributed by atoms with van der Waals surface area (Å²) in [5.41, 5.74) is -1.50. The highest BCUT2D eigenvalue weighted by atomic mass is 16.6. The first-order valence-electron chi connectivity index (χ1n) is 12.3. The van der Waals surface area contributed by atoms with Gasteiger partial charge in [-0.1, -0.05) is 19.1 Å². The third-order valence-corrected chi connectivity index (χ3v) is 7.17. The van der Waals surface area contributed by atoms with Crippen molar-refractivity contribution in [1.29, 1.82) is 0 Å². The summed E-state index contributed by atoms with van der Waals surface area (Å²) < 4.78 is 21.9. The van der Waals surface area contributed by atoms with Crippen molar-refractivity contribution in [3.05, 3.63) is 51.2 Å². The average molecular weight is 531 g/mol. The van der Waals surface area contributed by atoms with Crippen LogP contribution in [0.15, 0.2) is 40.5 Å². The van der Waals surface area contributed by atoms with Crippen molar-refractivity contribution in [3.8, 4) is 0 Å². The zero-order valence-electron chi connectivity index (χ0n) is 21.5. The summed E-state index contributed by atoms with van der Waals surface area (Å²) in [5.74, 6) is -4.01. The van der Waals surface area contributed by atoms with Gasteiger partial charge in [0.1, 0.15) is 18.1 Å².